The van der Waals surface area contributed by atoms with Crippen molar-refractivity contribution in [3.8, 4) is 22.5 Å². The van der Waals surface area contributed by atoms with Crippen LogP contribution in [0.1, 0.15) is 0 Å². The molecule has 4 heterocycles. The third-order valence-electron chi connectivity index (χ3n) is 3.95. The van der Waals surface area contributed by atoms with Gasteiger partial charge in [-0.2, -0.15) is 11.3 Å². The summed E-state index contributed by atoms with van der Waals surface area (Å²) >= 11 is 6.93. The molecule has 0 unspecified atom stereocenters. The van der Waals surface area contributed by atoms with Crippen LogP contribution in [0.4, 0.5) is 0 Å². The Labute approximate surface area is 148 Å². The number of thiazole rings is 1. The van der Waals surface area contributed by atoms with Gasteiger partial charge in [-0.05, 0) is 29.6 Å². The van der Waals surface area contributed by atoms with Gasteiger partial charge in [-0.25, -0.2) is 4.98 Å². The Hall–Kier alpha value is -1.89. The third-order valence-corrected chi connectivity index (χ3v) is 5.96. The minimum Gasteiger partial charge on any atom is -0.360 e. The van der Waals surface area contributed by atoms with E-state index in [4.69, 9.17) is 4.98 Å². The molecule has 0 spiro atoms. The summed E-state index contributed by atoms with van der Waals surface area (Å²) < 4.78 is 3.27. The third kappa shape index (κ3) is 2.09. The minimum absolute atomic E-state index is 1.02. The molecule has 0 atom stereocenters. The van der Waals surface area contributed by atoms with E-state index in [2.05, 4.69) is 78.1 Å². The van der Waals surface area contributed by atoms with Crippen LogP contribution in [0, 0.1) is 0 Å². The molecule has 0 aliphatic carbocycles. The fourth-order valence-corrected chi connectivity index (χ4v) is 4.72. The van der Waals surface area contributed by atoms with Gasteiger partial charge in [0.25, 0.3) is 0 Å². The highest BCUT2D eigenvalue weighted by Gasteiger charge is 2.14. The molecular weight excluding hydrogens is 390 g/mol. The first-order chi connectivity index (χ1) is 11.3. The van der Waals surface area contributed by atoms with Crippen molar-refractivity contribution in [2.75, 3.05) is 0 Å². The summed E-state index contributed by atoms with van der Waals surface area (Å²) in [6.07, 6.45) is 4.20. The minimum atomic E-state index is 1.02. The molecule has 4 aromatic heterocycles. The standard InChI is InChI=1S/C17H10BrN3S2/c18-11-1-2-14-12(5-11)13(6-19-14)16-9-23-17-20-15(7-21(16)17)10-3-4-22-8-10/h1-9,19H. The number of imidazole rings is 1. The first-order valence-corrected chi connectivity index (χ1v) is 9.67. The van der Waals surface area contributed by atoms with Crippen molar-refractivity contribution < 1.29 is 0 Å². The van der Waals surface area contributed by atoms with E-state index >= 15 is 0 Å². The van der Waals surface area contributed by atoms with Gasteiger partial charge in [0.2, 0.25) is 0 Å². The molecule has 3 nitrogen and oxygen atoms in total. The summed E-state index contributed by atoms with van der Waals surface area (Å²) in [6, 6.07) is 8.41. The Bertz CT molecular complexity index is 1130. The highest BCUT2D eigenvalue weighted by Crippen LogP contribution is 2.34. The Morgan fingerprint density at radius 3 is 3.00 bits per heavy atom. The first-order valence-electron chi connectivity index (χ1n) is 7.06. The number of fused-ring (bicyclic) bond motifs is 2. The second kappa shape index (κ2) is 5.06. The summed E-state index contributed by atoms with van der Waals surface area (Å²) in [7, 11) is 0. The van der Waals surface area contributed by atoms with Crippen molar-refractivity contribution in [1.82, 2.24) is 14.4 Å². The zero-order chi connectivity index (χ0) is 15.4. The van der Waals surface area contributed by atoms with Gasteiger partial charge in [0.1, 0.15) is 0 Å². The first kappa shape index (κ1) is 13.5. The van der Waals surface area contributed by atoms with E-state index in [9.17, 15) is 0 Å². The highest BCUT2D eigenvalue weighted by atomic mass is 79.9. The normalized spacial score (nSPS) is 11.7. The number of rotatable bonds is 2. The van der Waals surface area contributed by atoms with E-state index in [1.54, 1.807) is 22.7 Å². The lowest BCUT2D eigenvalue weighted by atomic mass is 10.1. The van der Waals surface area contributed by atoms with E-state index in [-0.39, 0.29) is 0 Å². The van der Waals surface area contributed by atoms with Crippen LogP contribution in [0.3, 0.4) is 0 Å². The van der Waals surface area contributed by atoms with Gasteiger partial charge in [-0.15, -0.1) is 11.3 Å². The van der Waals surface area contributed by atoms with Gasteiger partial charge in [0, 0.05) is 49.7 Å². The Kier molecular flexibility index (Phi) is 2.98. The molecule has 0 aliphatic heterocycles. The number of halogens is 1. The molecule has 5 rings (SSSR count). The Morgan fingerprint density at radius 1 is 1.17 bits per heavy atom. The van der Waals surface area contributed by atoms with Gasteiger partial charge < -0.3 is 4.98 Å². The molecule has 112 valence electrons. The number of H-pyrrole nitrogens is 1. The number of thiophene rings is 1. The topological polar surface area (TPSA) is 33.1 Å². The van der Waals surface area contributed by atoms with Crippen molar-refractivity contribution in [1.29, 1.82) is 0 Å². The average Bonchev–Trinajstić information content (AvgIpc) is 3.29. The molecule has 23 heavy (non-hydrogen) atoms. The lowest BCUT2D eigenvalue weighted by Gasteiger charge is -1.98. The van der Waals surface area contributed by atoms with Crippen LogP contribution in [0.2, 0.25) is 0 Å². The highest BCUT2D eigenvalue weighted by molar-refractivity contribution is 9.10. The van der Waals surface area contributed by atoms with Crippen molar-refractivity contribution >= 4 is 54.5 Å². The number of benzene rings is 1. The van der Waals surface area contributed by atoms with Gasteiger partial charge in [0.15, 0.2) is 4.96 Å². The quantitative estimate of drug-likeness (QED) is 0.385. The molecule has 0 fully saturated rings. The number of nitrogens with zero attached hydrogens (tertiary/aromatic N) is 2. The molecule has 0 bridgehead atoms. The summed E-state index contributed by atoms with van der Waals surface area (Å²) in [5.41, 5.74) is 5.71. The molecule has 1 N–H and O–H groups in total. The Balaban J connectivity index is 1.74. The molecule has 0 aliphatic rings. The van der Waals surface area contributed by atoms with E-state index in [1.165, 1.54) is 22.2 Å². The Morgan fingerprint density at radius 2 is 2.13 bits per heavy atom. The van der Waals surface area contributed by atoms with Gasteiger partial charge in [0.05, 0.1) is 11.4 Å². The number of hydrogen-bond donors (Lipinski definition) is 1. The van der Waals surface area contributed by atoms with E-state index in [0.29, 0.717) is 0 Å². The molecule has 0 saturated carbocycles. The van der Waals surface area contributed by atoms with Crippen LogP contribution in [0.5, 0.6) is 0 Å². The van der Waals surface area contributed by atoms with Crippen LogP contribution in [-0.4, -0.2) is 14.4 Å². The summed E-state index contributed by atoms with van der Waals surface area (Å²) in [5.74, 6) is 0. The van der Waals surface area contributed by atoms with Gasteiger partial charge in [-0.3, -0.25) is 4.40 Å². The number of aromatic amines is 1. The summed E-state index contributed by atoms with van der Waals surface area (Å²) in [4.78, 5) is 9.13. The van der Waals surface area contributed by atoms with Crippen molar-refractivity contribution in [2.45, 2.75) is 0 Å². The van der Waals surface area contributed by atoms with Crippen molar-refractivity contribution in [3.63, 3.8) is 0 Å². The van der Waals surface area contributed by atoms with Gasteiger partial charge >= 0.3 is 0 Å². The second-order valence-electron chi connectivity index (χ2n) is 5.30. The molecule has 6 heteroatoms. The van der Waals surface area contributed by atoms with E-state index in [0.717, 1.165) is 20.6 Å². The molecule has 0 amide bonds. The zero-order valence-electron chi connectivity index (χ0n) is 11.8. The van der Waals surface area contributed by atoms with Crippen LogP contribution in [-0.2, 0) is 0 Å². The molecule has 0 radical (unpaired) electrons. The molecule has 0 saturated heterocycles. The predicted octanol–water partition coefficient (Wildman–Crippen LogP) is 6.04. The maximum absolute atomic E-state index is 4.75. The largest absolute Gasteiger partial charge is 0.360 e. The summed E-state index contributed by atoms with van der Waals surface area (Å²) in [6.45, 7) is 0. The van der Waals surface area contributed by atoms with Gasteiger partial charge in [-0.1, -0.05) is 15.9 Å². The predicted molar refractivity (Wildman–Crippen MR) is 101 cm³/mol. The summed E-state index contributed by atoms with van der Waals surface area (Å²) in [5, 5.41) is 7.60. The smallest absolute Gasteiger partial charge is 0.194 e. The molecule has 1 aromatic carbocycles. The average molecular weight is 400 g/mol. The van der Waals surface area contributed by atoms with Crippen molar-refractivity contribution in [2.24, 2.45) is 0 Å². The SMILES string of the molecule is Brc1ccc2[nH]cc(-c3csc4nc(-c5ccsc5)cn34)c2c1. The molecule has 5 aromatic rings. The maximum atomic E-state index is 4.75. The van der Waals surface area contributed by atoms with Crippen LogP contribution in [0.25, 0.3) is 38.4 Å². The number of nitrogens with one attached hydrogen (secondary N) is 1. The van der Waals surface area contributed by atoms with E-state index < -0.39 is 0 Å². The second-order valence-corrected chi connectivity index (χ2v) is 7.84. The zero-order valence-corrected chi connectivity index (χ0v) is 15.0. The fraction of sp³-hybridized carbons (Fsp3) is 0. The maximum Gasteiger partial charge on any atom is 0.194 e. The van der Waals surface area contributed by atoms with Crippen LogP contribution >= 0.6 is 38.6 Å². The van der Waals surface area contributed by atoms with Crippen LogP contribution < -0.4 is 0 Å². The molecular formula is C17H10BrN3S2. The van der Waals surface area contributed by atoms with Crippen LogP contribution in [0.15, 0.2) is 57.3 Å². The lowest BCUT2D eigenvalue weighted by Crippen LogP contribution is -1.82. The number of hydrogen-bond acceptors (Lipinski definition) is 3. The van der Waals surface area contributed by atoms with Crippen molar-refractivity contribution in [3.05, 3.63) is 57.3 Å². The fourth-order valence-electron chi connectivity index (χ4n) is 2.83. The monoisotopic (exact) mass is 399 g/mol. The number of aromatic nitrogens is 3. The van der Waals surface area contributed by atoms with E-state index in [1.807, 2.05) is 0 Å². The lowest BCUT2D eigenvalue weighted by molar-refractivity contribution is 1.24.